The van der Waals surface area contributed by atoms with E-state index in [-0.39, 0.29) is 45.8 Å². The lowest BCUT2D eigenvalue weighted by Gasteiger charge is -2.19. The number of hydrogen-bond donors (Lipinski definition) is 1. The monoisotopic (exact) mass is 568 g/mol. The van der Waals surface area contributed by atoms with Crippen LogP contribution in [0.2, 0.25) is 5.02 Å². The van der Waals surface area contributed by atoms with Crippen molar-refractivity contribution in [3.8, 4) is 17.5 Å². The van der Waals surface area contributed by atoms with Crippen LogP contribution in [-0.4, -0.2) is 29.3 Å². The smallest absolute Gasteiger partial charge is 0.279 e. The van der Waals surface area contributed by atoms with Gasteiger partial charge in [0, 0.05) is 22.7 Å². The highest BCUT2D eigenvalue weighted by Crippen LogP contribution is 2.39. The number of rotatable bonds is 6. The van der Waals surface area contributed by atoms with Gasteiger partial charge in [0.1, 0.15) is 41.6 Å². The summed E-state index contributed by atoms with van der Waals surface area (Å²) in [6.45, 7) is -0.106. The maximum Gasteiger partial charge on any atom is 0.279 e. The van der Waals surface area contributed by atoms with Gasteiger partial charge >= 0.3 is 0 Å². The van der Waals surface area contributed by atoms with Gasteiger partial charge in [-0.1, -0.05) is 28.9 Å². The Morgan fingerprint density at radius 1 is 1.07 bits per heavy atom. The summed E-state index contributed by atoms with van der Waals surface area (Å²) >= 11 is 5.95. The summed E-state index contributed by atoms with van der Waals surface area (Å²) in [5.74, 6) is -0.142. The Morgan fingerprint density at radius 3 is 2.46 bits per heavy atom. The van der Waals surface area contributed by atoms with Crippen LogP contribution in [-0.2, 0) is 6.61 Å². The average molecular weight is 569 g/mol. The van der Waals surface area contributed by atoms with Crippen LogP contribution in [0.1, 0.15) is 17.3 Å². The molecule has 0 saturated heterocycles. The SMILES string of the molecule is N#CC1=C(N)n2c(=O)c3ccccc3c(=O)n2C1c1cc([N+](=O)[O-])ccc1OCc1cn(-c2ccc(Cl)cc2)nn1. The zero-order valence-corrected chi connectivity index (χ0v) is 21.6. The Balaban J connectivity index is 1.45. The zero-order valence-electron chi connectivity index (χ0n) is 20.8. The quantitative estimate of drug-likeness (QED) is 0.238. The van der Waals surface area contributed by atoms with Crippen molar-refractivity contribution in [2.45, 2.75) is 12.6 Å². The van der Waals surface area contributed by atoms with Crippen molar-refractivity contribution in [1.82, 2.24) is 24.4 Å². The molecule has 1 aliphatic heterocycles. The summed E-state index contributed by atoms with van der Waals surface area (Å²) in [6.07, 6.45) is 1.63. The Morgan fingerprint density at radius 2 is 1.78 bits per heavy atom. The van der Waals surface area contributed by atoms with Crippen molar-refractivity contribution in [1.29, 1.82) is 5.26 Å². The molecule has 1 aliphatic rings. The molecule has 6 rings (SSSR count). The lowest BCUT2D eigenvalue weighted by molar-refractivity contribution is -0.385. The number of halogens is 1. The number of benzene rings is 3. The molecular weight excluding hydrogens is 552 g/mol. The molecule has 202 valence electrons. The summed E-state index contributed by atoms with van der Waals surface area (Å²) in [4.78, 5) is 38.1. The fourth-order valence-electron chi connectivity index (χ4n) is 4.75. The molecule has 0 bridgehead atoms. The standard InChI is InChI=1S/C27H17ClN8O5/c28-15-5-7-17(8-6-15)33-13-16(31-32-33)14-41-23-10-9-18(36(39)40)11-21(23)24-22(12-29)25(30)35-27(38)20-4-2-1-3-19(20)26(37)34(24)35/h1-11,13,24H,14,30H2. The summed E-state index contributed by atoms with van der Waals surface area (Å²) < 4.78 is 9.48. The highest BCUT2D eigenvalue weighted by atomic mass is 35.5. The second-order valence-electron chi connectivity index (χ2n) is 9.02. The van der Waals surface area contributed by atoms with E-state index in [2.05, 4.69) is 10.3 Å². The first-order chi connectivity index (χ1) is 19.8. The van der Waals surface area contributed by atoms with Gasteiger partial charge in [0.25, 0.3) is 16.8 Å². The van der Waals surface area contributed by atoms with Gasteiger partial charge in [-0.2, -0.15) is 9.94 Å². The molecule has 5 aromatic rings. The van der Waals surface area contributed by atoms with E-state index in [0.717, 1.165) is 9.36 Å². The number of non-ortho nitro benzene ring substituents is 1. The largest absolute Gasteiger partial charge is 0.487 e. The number of fused-ring (bicyclic) bond motifs is 2. The number of ether oxygens (including phenoxy) is 1. The first kappa shape index (κ1) is 25.5. The maximum atomic E-state index is 13.6. The van der Waals surface area contributed by atoms with Crippen molar-refractivity contribution in [2.24, 2.45) is 5.73 Å². The van der Waals surface area contributed by atoms with Crippen LogP contribution in [0.3, 0.4) is 0 Å². The second kappa shape index (κ2) is 9.78. The number of allylic oxidation sites excluding steroid dienone is 1. The van der Waals surface area contributed by atoms with E-state index in [4.69, 9.17) is 22.1 Å². The van der Waals surface area contributed by atoms with Crippen molar-refractivity contribution < 1.29 is 9.66 Å². The fraction of sp³-hybridized carbons (Fsp3) is 0.0741. The fourth-order valence-corrected chi connectivity index (χ4v) is 4.88. The molecule has 14 heteroatoms. The molecule has 0 saturated carbocycles. The molecule has 1 unspecified atom stereocenters. The maximum absolute atomic E-state index is 13.6. The molecule has 3 heterocycles. The van der Waals surface area contributed by atoms with Crippen LogP contribution < -0.4 is 21.6 Å². The van der Waals surface area contributed by atoms with Crippen LogP contribution in [0, 0.1) is 21.4 Å². The van der Waals surface area contributed by atoms with Gasteiger partial charge in [-0.05, 0) is 42.5 Å². The molecular formula is C27H17ClN8O5. The number of nitrogens with two attached hydrogens (primary N) is 1. The number of nitriles is 1. The van der Waals surface area contributed by atoms with E-state index in [9.17, 15) is 25.0 Å². The van der Waals surface area contributed by atoms with Crippen molar-refractivity contribution in [3.63, 3.8) is 0 Å². The molecule has 0 amide bonds. The zero-order chi connectivity index (χ0) is 28.8. The van der Waals surface area contributed by atoms with Crippen molar-refractivity contribution in [2.75, 3.05) is 0 Å². The van der Waals surface area contributed by atoms with Crippen molar-refractivity contribution >= 4 is 33.9 Å². The molecule has 1 atom stereocenters. The molecule has 2 N–H and O–H groups in total. The van der Waals surface area contributed by atoms with E-state index < -0.39 is 22.1 Å². The first-order valence-electron chi connectivity index (χ1n) is 12.0. The third kappa shape index (κ3) is 4.19. The van der Waals surface area contributed by atoms with Crippen LogP contribution in [0.5, 0.6) is 5.75 Å². The topological polar surface area (TPSA) is 177 Å². The predicted octanol–water partition coefficient (Wildman–Crippen LogP) is 3.14. The molecule has 0 radical (unpaired) electrons. The highest BCUT2D eigenvalue weighted by Gasteiger charge is 2.37. The molecule has 41 heavy (non-hydrogen) atoms. The van der Waals surface area contributed by atoms with Gasteiger partial charge < -0.3 is 10.5 Å². The summed E-state index contributed by atoms with van der Waals surface area (Å²) in [5, 5.41) is 30.7. The highest BCUT2D eigenvalue weighted by molar-refractivity contribution is 6.30. The van der Waals surface area contributed by atoms with Gasteiger partial charge in [-0.25, -0.2) is 9.36 Å². The van der Waals surface area contributed by atoms with Crippen LogP contribution in [0.15, 0.2) is 88.1 Å². The number of hydrogen-bond acceptors (Lipinski definition) is 9. The van der Waals surface area contributed by atoms with E-state index >= 15 is 0 Å². The summed E-state index contributed by atoms with van der Waals surface area (Å²) in [6, 6.07) is 17.6. The Hall–Kier alpha value is -5.74. The normalized spacial score (nSPS) is 14.2. The van der Waals surface area contributed by atoms with E-state index in [1.807, 2.05) is 6.07 Å². The molecule has 2 aromatic heterocycles. The molecule has 0 fully saturated rings. The van der Waals surface area contributed by atoms with Gasteiger partial charge in [0.2, 0.25) is 0 Å². The van der Waals surface area contributed by atoms with Gasteiger partial charge in [0.15, 0.2) is 0 Å². The first-order valence-corrected chi connectivity index (χ1v) is 12.4. The lowest BCUT2D eigenvalue weighted by Crippen LogP contribution is -2.38. The molecule has 3 aromatic carbocycles. The van der Waals surface area contributed by atoms with Crippen molar-refractivity contribution in [3.05, 3.63) is 126 Å². The van der Waals surface area contributed by atoms with Crippen LogP contribution in [0.25, 0.3) is 22.3 Å². The number of aromatic nitrogens is 5. The molecule has 0 spiro atoms. The van der Waals surface area contributed by atoms with Gasteiger partial charge in [-0.15, -0.1) is 5.10 Å². The molecule has 0 aliphatic carbocycles. The number of nitrogens with zero attached hydrogens (tertiary/aromatic N) is 7. The van der Waals surface area contributed by atoms with E-state index in [1.54, 1.807) is 42.6 Å². The van der Waals surface area contributed by atoms with Crippen LogP contribution >= 0.6 is 11.6 Å². The molecule has 13 nitrogen and oxygen atoms in total. The van der Waals surface area contributed by atoms with Gasteiger partial charge in [0.05, 0.1) is 27.6 Å². The Bertz CT molecular complexity index is 2070. The number of nitro groups is 1. The number of nitro benzene ring substituents is 1. The minimum absolute atomic E-state index is 0.0897. The summed E-state index contributed by atoms with van der Waals surface area (Å²) in [7, 11) is 0. The Labute approximate surface area is 234 Å². The van der Waals surface area contributed by atoms with Crippen LogP contribution in [0.4, 0.5) is 5.69 Å². The predicted molar refractivity (Wildman–Crippen MR) is 147 cm³/mol. The lowest BCUT2D eigenvalue weighted by atomic mass is 9.98. The second-order valence-corrected chi connectivity index (χ2v) is 9.46. The minimum atomic E-state index is -1.27. The third-order valence-electron chi connectivity index (χ3n) is 6.65. The van der Waals surface area contributed by atoms with E-state index in [1.165, 1.54) is 35.0 Å². The van der Waals surface area contributed by atoms with E-state index in [0.29, 0.717) is 16.4 Å². The summed E-state index contributed by atoms with van der Waals surface area (Å²) in [5.41, 5.74) is 5.77. The third-order valence-corrected chi connectivity index (χ3v) is 6.90. The average Bonchev–Trinajstić information content (AvgIpc) is 3.57. The Kier molecular flexibility index (Phi) is 6.09. The van der Waals surface area contributed by atoms with Gasteiger partial charge in [-0.3, -0.25) is 19.7 Å². The minimum Gasteiger partial charge on any atom is -0.487 e.